The Hall–Kier alpha value is -3.67. The van der Waals surface area contributed by atoms with Crippen molar-refractivity contribution in [3.05, 3.63) is 83.5 Å². The molecule has 1 heterocycles. The second kappa shape index (κ2) is 7.75. The van der Waals surface area contributed by atoms with Crippen molar-refractivity contribution in [2.24, 2.45) is 0 Å². The van der Waals surface area contributed by atoms with Crippen LogP contribution in [0.15, 0.2) is 65.1 Å². The molecule has 146 valence electrons. The summed E-state index contributed by atoms with van der Waals surface area (Å²) in [6.07, 6.45) is 0.562. The van der Waals surface area contributed by atoms with Gasteiger partial charge in [-0.25, -0.2) is 14.2 Å². The number of rotatable bonds is 6. The highest BCUT2D eigenvalue weighted by atomic mass is 19.1. The summed E-state index contributed by atoms with van der Waals surface area (Å²) >= 11 is 0. The third kappa shape index (κ3) is 4.11. The summed E-state index contributed by atoms with van der Waals surface area (Å²) in [5.41, 5.74) is 1.76. The van der Waals surface area contributed by atoms with Crippen molar-refractivity contribution in [3.8, 4) is 17.2 Å². The molecule has 0 fully saturated rings. The van der Waals surface area contributed by atoms with E-state index in [1.165, 1.54) is 12.1 Å². The molecule has 0 bridgehead atoms. The van der Waals surface area contributed by atoms with Crippen molar-refractivity contribution in [1.29, 1.82) is 0 Å². The number of ether oxygens (including phenoxy) is 1. The number of halogens is 1. The second-order valence-electron chi connectivity index (χ2n) is 6.66. The Labute approximate surface area is 166 Å². The molecule has 0 unspecified atom stereocenters. The fraction of sp³-hybridized carbons (Fsp3) is 0.130. The Morgan fingerprint density at radius 2 is 1.79 bits per heavy atom. The summed E-state index contributed by atoms with van der Waals surface area (Å²) in [5, 5.41) is 10.8. The van der Waals surface area contributed by atoms with Crippen LogP contribution in [0, 0.1) is 12.7 Å². The number of benzene rings is 3. The molecule has 5 nitrogen and oxygen atoms in total. The topological polar surface area (TPSA) is 72.6 Å². The third-order valence-electron chi connectivity index (χ3n) is 4.65. The number of carboxylic acid groups (broad SMARTS) is 1. The quantitative estimate of drug-likeness (QED) is 0.485. The predicted octanol–water partition coefficient (Wildman–Crippen LogP) is 5.26. The second-order valence-corrected chi connectivity index (χ2v) is 6.66. The van der Waals surface area contributed by atoms with Gasteiger partial charge in [0.1, 0.15) is 17.3 Å². The Balaban J connectivity index is 1.43. The van der Waals surface area contributed by atoms with Crippen LogP contribution in [-0.4, -0.2) is 22.7 Å². The lowest BCUT2D eigenvalue weighted by molar-refractivity contribution is 0.0697. The number of hydrogen-bond donors (Lipinski definition) is 1. The first kappa shape index (κ1) is 18.7. The molecule has 0 spiro atoms. The molecule has 0 amide bonds. The van der Waals surface area contributed by atoms with E-state index < -0.39 is 5.97 Å². The first-order valence-corrected chi connectivity index (χ1v) is 9.12. The van der Waals surface area contributed by atoms with Gasteiger partial charge < -0.3 is 14.3 Å². The van der Waals surface area contributed by atoms with Crippen LogP contribution in [0.5, 0.6) is 5.75 Å². The van der Waals surface area contributed by atoms with E-state index in [0.29, 0.717) is 30.4 Å². The zero-order valence-electron chi connectivity index (χ0n) is 15.7. The highest BCUT2D eigenvalue weighted by Crippen LogP contribution is 2.24. The molecule has 0 aliphatic carbocycles. The molecular weight excluding hydrogens is 373 g/mol. The molecule has 1 aromatic heterocycles. The van der Waals surface area contributed by atoms with Crippen molar-refractivity contribution < 1.29 is 23.4 Å². The molecule has 0 atom stereocenters. The summed E-state index contributed by atoms with van der Waals surface area (Å²) in [6.45, 7) is 2.25. The summed E-state index contributed by atoms with van der Waals surface area (Å²) in [5.74, 6) is 0.598. The summed E-state index contributed by atoms with van der Waals surface area (Å²) in [6, 6.07) is 16.5. The number of nitrogens with zero attached hydrogens (tertiary/aromatic N) is 1. The van der Waals surface area contributed by atoms with E-state index in [9.17, 15) is 9.18 Å². The van der Waals surface area contributed by atoms with Gasteiger partial charge in [0.15, 0.2) is 0 Å². The van der Waals surface area contributed by atoms with Crippen LogP contribution in [0.1, 0.15) is 21.8 Å². The molecule has 3 aromatic carbocycles. The van der Waals surface area contributed by atoms with Gasteiger partial charge in [-0.15, -0.1) is 0 Å². The van der Waals surface area contributed by atoms with Crippen LogP contribution >= 0.6 is 0 Å². The van der Waals surface area contributed by atoms with Gasteiger partial charge in [-0.1, -0.05) is 12.1 Å². The minimum absolute atomic E-state index is 0.254. The molecule has 1 N–H and O–H groups in total. The SMILES string of the molecule is Cc1oc(-c2ccc(F)cc2)nc1CCOc1ccc2cc(C(=O)O)ccc2c1. The standard InChI is InChI=1S/C23H18FNO4/c1-14-21(25-22(29-14)15-4-7-19(24)8-5-15)10-11-28-20-9-6-16-12-18(23(26)27)3-2-17(16)13-20/h2-9,12-13H,10-11H2,1H3,(H,26,27). The van der Waals surface area contributed by atoms with Gasteiger partial charge in [0.25, 0.3) is 0 Å². The number of aromatic nitrogens is 1. The van der Waals surface area contributed by atoms with Crippen LogP contribution in [0.3, 0.4) is 0 Å². The number of aromatic carboxylic acids is 1. The number of carbonyl (C=O) groups is 1. The Bertz CT molecular complexity index is 1180. The largest absolute Gasteiger partial charge is 0.493 e. The van der Waals surface area contributed by atoms with Gasteiger partial charge in [0, 0.05) is 12.0 Å². The molecule has 0 saturated carbocycles. The van der Waals surface area contributed by atoms with Crippen molar-refractivity contribution in [1.82, 2.24) is 4.98 Å². The van der Waals surface area contributed by atoms with Crippen molar-refractivity contribution in [2.45, 2.75) is 13.3 Å². The minimum atomic E-state index is -0.949. The molecular formula is C23H18FNO4. The van der Waals surface area contributed by atoms with Crippen LogP contribution in [0.25, 0.3) is 22.2 Å². The fourth-order valence-electron chi connectivity index (χ4n) is 3.09. The lowest BCUT2D eigenvalue weighted by atomic mass is 10.1. The van der Waals surface area contributed by atoms with Gasteiger partial charge in [-0.3, -0.25) is 0 Å². The summed E-state index contributed by atoms with van der Waals surface area (Å²) in [7, 11) is 0. The van der Waals surface area contributed by atoms with E-state index in [1.54, 1.807) is 30.3 Å². The highest BCUT2D eigenvalue weighted by molar-refractivity contribution is 5.94. The van der Waals surface area contributed by atoms with Gasteiger partial charge >= 0.3 is 5.97 Å². The maximum absolute atomic E-state index is 13.1. The summed E-state index contributed by atoms with van der Waals surface area (Å²) < 4.78 is 24.6. The number of aryl methyl sites for hydroxylation is 1. The first-order chi connectivity index (χ1) is 14.0. The predicted molar refractivity (Wildman–Crippen MR) is 107 cm³/mol. The maximum atomic E-state index is 13.1. The van der Waals surface area contributed by atoms with Gasteiger partial charge in [-0.2, -0.15) is 0 Å². The molecule has 4 rings (SSSR count). The fourth-order valence-corrected chi connectivity index (χ4v) is 3.09. The monoisotopic (exact) mass is 391 g/mol. The Morgan fingerprint density at radius 3 is 2.55 bits per heavy atom. The molecule has 6 heteroatoms. The number of carboxylic acids is 1. The maximum Gasteiger partial charge on any atom is 0.335 e. The first-order valence-electron chi connectivity index (χ1n) is 9.12. The molecule has 0 aliphatic rings. The van der Waals surface area contributed by atoms with E-state index in [0.717, 1.165) is 22.0 Å². The normalized spacial score (nSPS) is 11.0. The van der Waals surface area contributed by atoms with Gasteiger partial charge in [-0.05, 0) is 66.2 Å². The van der Waals surface area contributed by atoms with Crippen LogP contribution in [-0.2, 0) is 6.42 Å². The van der Waals surface area contributed by atoms with E-state index in [4.69, 9.17) is 14.3 Å². The molecule has 4 aromatic rings. The number of hydrogen-bond acceptors (Lipinski definition) is 4. The average molecular weight is 391 g/mol. The molecule has 0 aliphatic heterocycles. The zero-order valence-corrected chi connectivity index (χ0v) is 15.7. The lowest BCUT2D eigenvalue weighted by Gasteiger charge is -2.07. The van der Waals surface area contributed by atoms with Crippen LogP contribution in [0.4, 0.5) is 4.39 Å². The molecule has 0 radical (unpaired) electrons. The smallest absolute Gasteiger partial charge is 0.335 e. The Morgan fingerprint density at radius 1 is 1.07 bits per heavy atom. The van der Waals surface area contributed by atoms with Crippen molar-refractivity contribution >= 4 is 16.7 Å². The minimum Gasteiger partial charge on any atom is -0.493 e. The average Bonchev–Trinajstić information content (AvgIpc) is 3.08. The molecule has 0 saturated heterocycles. The molecule has 29 heavy (non-hydrogen) atoms. The van der Waals surface area contributed by atoms with Crippen LogP contribution in [0.2, 0.25) is 0 Å². The zero-order chi connectivity index (χ0) is 20.4. The number of fused-ring (bicyclic) bond motifs is 1. The van der Waals surface area contributed by atoms with E-state index in [1.807, 2.05) is 25.1 Å². The third-order valence-corrected chi connectivity index (χ3v) is 4.65. The van der Waals surface area contributed by atoms with Gasteiger partial charge in [0.05, 0.1) is 17.9 Å². The van der Waals surface area contributed by atoms with Crippen LogP contribution < -0.4 is 4.74 Å². The summed E-state index contributed by atoms with van der Waals surface area (Å²) in [4.78, 5) is 15.6. The Kier molecular flexibility index (Phi) is 4.99. The van der Waals surface area contributed by atoms with E-state index >= 15 is 0 Å². The highest BCUT2D eigenvalue weighted by Gasteiger charge is 2.12. The van der Waals surface area contributed by atoms with E-state index in [2.05, 4.69) is 4.98 Å². The van der Waals surface area contributed by atoms with Gasteiger partial charge in [0.2, 0.25) is 5.89 Å². The number of oxazole rings is 1. The lowest BCUT2D eigenvalue weighted by Crippen LogP contribution is -2.02. The van der Waals surface area contributed by atoms with E-state index in [-0.39, 0.29) is 11.4 Å². The van der Waals surface area contributed by atoms with Crippen molar-refractivity contribution in [2.75, 3.05) is 6.61 Å². The van der Waals surface area contributed by atoms with Crippen molar-refractivity contribution in [3.63, 3.8) is 0 Å².